The number of H-pyrrole nitrogens is 1. The highest BCUT2D eigenvalue weighted by molar-refractivity contribution is 7.60. The molecule has 1 saturated heterocycles. The van der Waals surface area contributed by atoms with E-state index in [-0.39, 0.29) is 17.1 Å². The normalized spacial score (nSPS) is 27.9. The topological polar surface area (TPSA) is 232 Å². The third kappa shape index (κ3) is 4.30. The molecule has 156 valence electrons. The molecule has 2 aromatic rings. The summed E-state index contributed by atoms with van der Waals surface area (Å²) in [5, 5.41) is 9.94. The quantitative estimate of drug-likeness (QED) is 0.279. The van der Waals surface area contributed by atoms with Crippen LogP contribution >= 0.6 is 15.6 Å². The predicted octanol–water partition coefficient (Wildman–Crippen LogP) is -1.48. The number of fused-ring (bicyclic) bond motifs is 1. The Bertz CT molecular complexity index is 1040. The number of hydrogen-bond donors (Lipinski definition) is 6. The molecule has 15 nitrogen and oxygen atoms in total. The Hall–Kier alpha value is -1.74. The summed E-state index contributed by atoms with van der Waals surface area (Å²) in [5.74, 6) is -0.274. The number of phosphoric ester groups is 1. The zero-order valence-corrected chi connectivity index (χ0v) is 15.3. The van der Waals surface area contributed by atoms with Crippen molar-refractivity contribution in [3.8, 4) is 0 Å². The van der Waals surface area contributed by atoms with Gasteiger partial charge < -0.3 is 30.3 Å². The van der Waals surface area contributed by atoms with Crippen molar-refractivity contribution in [2.45, 2.75) is 24.6 Å². The Morgan fingerprint density at radius 2 is 2.07 bits per heavy atom. The SMILES string of the molecule is Nc1nc2c(ncn2[C@@H]2O[C@H](COP(=O)(O)OP(=O)(O)O)[C@H](O)C2F)c(=O)[nH]1. The smallest absolute Gasteiger partial charge is 0.387 e. The standard InChI is InChI=1S/C10H14FN5O10P2/c11-4-6(17)3(1-24-28(22,23)26-27(19,20)21)25-9(4)16-2-13-5-7(16)14-10(12)15-8(5)18/h2-4,6,9,17H,1H2,(H,22,23)(H2,19,20,21)(H3,12,14,15,18)/t3-,4?,6+,9-/m1/s1. The molecule has 1 aliphatic rings. The lowest BCUT2D eigenvalue weighted by Gasteiger charge is -2.17. The maximum atomic E-state index is 14.5. The van der Waals surface area contributed by atoms with Gasteiger partial charge in [0.1, 0.15) is 12.2 Å². The Morgan fingerprint density at radius 3 is 2.71 bits per heavy atom. The fourth-order valence-electron chi connectivity index (χ4n) is 2.52. The van der Waals surface area contributed by atoms with Gasteiger partial charge in [-0.3, -0.25) is 18.9 Å². The number of anilines is 1. The fraction of sp³-hybridized carbons (Fsp3) is 0.500. The number of nitrogen functional groups attached to an aromatic ring is 1. The first kappa shape index (κ1) is 21.0. The van der Waals surface area contributed by atoms with Crippen LogP contribution in [0.15, 0.2) is 11.1 Å². The van der Waals surface area contributed by atoms with Gasteiger partial charge in [-0.05, 0) is 0 Å². The number of aromatic amines is 1. The van der Waals surface area contributed by atoms with Crippen LogP contribution in [0.2, 0.25) is 0 Å². The van der Waals surface area contributed by atoms with Gasteiger partial charge in [0.25, 0.3) is 5.56 Å². The number of imidazole rings is 1. The molecule has 3 heterocycles. The van der Waals surface area contributed by atoms with Gasteiger partial charge in [0.2, 0.25) is 5.95 Å². The molecular weight excluding hydrogens is 431 g/mol. The lowest BCUT2D eigenvalue weighted by Crippen LogP contribution is -2.31. The number of rotatable bonds is 6. The lowest BCUT2D eigenvalue weighted by atomic mass is 10.1. The number of nitrogens with two attached hydrogens (primary N) is 1. The third-order valence-electron chi connectivity index (χ3n) is 3.63. The van der Waals surface area contributed by atoms with Gasteiger partial charge in [0.05, 0.1) is 12.9 Å². The third-order valence-corrected chi connectivity index (χ3v) is 5.78. The second-order valence-corrected chi connectivity index (χ2v) is 8.44. The molecule has 3 rings (SSSR count). The largest absolute Gasteiger partial charge is 0.481 e. The highest BCUT2D eigenvalue weighted by atomic mass is 31.3. The van der Waals surface area contributed by atoms with E-state index in [9.17, 15) is 28.3 Å². The molecular formula is C10H14FN5O10P2. The van der Waals surface area contributed by atoms with Gasteiger partial charge in [-0.15, -0.1) is 0 Å². The minimum atomic E-state index is -5.35. The minimum Gasteiger partial charge on any atom is -0.387 e. The number of halogens is 1. The van der Waals surface area contributed by atoms with Crippen molar-refractivity contribution in [2.24, 2.45) is 0 Å². The first-order valence-corrected chi connectivity index (χ1v) is 10.3. The molecule has 0 saturated carbocycles. The van der Waals surface area contributed by atoms with E-state index in [0.717, 1.165) is 10.9 Å². The van der Waals surface area contributed by atoms with E-state index in [1.165, 1.54) is 0 Å². The number of aliphatic hydroxyl groups is 1. The number of aliphatic hydroxyl groups excluding tert-OH is 1. The summed E-state index contributed by atoms with van der Waals surface area (Å²) in [7, 11) is -10.6. The molecule has 1 aliphatic heterocycles. The summed E-state index contributed by atoms with van der Waals surface area (Å²) in [4.78, 5) is 47.8. The molecule has 18 heteroatoms. The summed E-state index contributed by atoms with van der Waals surface area (Å²) in [5.41, 5.74) is 4.44. The van der Waals surface area contributed by atoms with Crippen molar-refractivity contribution in [3.63, 3.8) is 0 Å². The first-order valence-electron chi connectivity index (χ1n) is 7.32. The van der Waals surface area contributed by atoms with E-state index in [2.05, 4.69) is 23.8 Å². The molecule has 0 aliphatic carbocycles. The predicted molar refractivity (Wildman–Crippen MR) is 86.3 cm³/mol. The summed E-state index contributed by atoms with van der Waals surface area (Å²) in [6.07, 6.45) is -6.03. The van der Waals surface area contributed by atoms with Crippen LogP contribution in [0, 0.1) is 0 Å². The van der Waals surface area contributed by atoms with Gasteiger partial charge in [-0.1, -0.05) is 0 Å². The van der Waals surface area contributed by atoms with E-state index in [4.69, 9.17) is 20.3 Å². The van der Waals surface area contributed by atoms with Crippen LogP contribution in [0.5, 0.6) is 0 Å². The zero-order chi connectivity index (χ0) is 20.9. The maximum absolute atomic E-state index is 14.5. The molecule has 7 N–H and O–H groups in total. The summed E-state index contributed by atoms with van der Waals surface area (Å²) >= 11 is 0. The van der Waals surface area contributed by atoms with E-state index >= 15 is 0 Å². The molecule has 0 spiro atoms. The molecule has 5 atom stereocenters. The van der Waals surface area contributed by atoms with Gasteiger partial charge in [0, 0.05) is 0 Å². The van der Waals surface area contributed by atoms with Crippen LogP contribution in [-0.4, -0.2) is 64.3 Å². The fourth-order valence-corrected chi connectivity index (χ4v) is 4.12. The Kier molecular flexibility index (Phi) is 5.44. The average molecular weight is 445 g/mol. The van der Waals surface area contributed by atoms with Crippen LogP contribution in [0.25, 0.3) is 11.2 Å². The monoisotopic (exact) mass is 445 g/mol. The summed E-state index contributed by atoms with van der Waals surface area (Å²) < 4.78 is 50.7. The summed E-state index contributed by atoms with van der Waals surface area (Å²) in [6, 6.07) is 0. The Morgan fingerprint density at radius 1 is 1.39 bits per heavy atom. The van der Waals surface area contributed by atoms with Crippen LogP contribution in [0.1, 0.15) is 6.23 Å². The average Bonchev–Trinajstić information content (AvgIpc) is 3.06. The highest BCUT2D eigenvalue weighted by Gasteiger charge is 2.47. The van der Waals surface area contributed by atoms with E-state index < -0.39 is 52.4 Å². The van der Waals surface area contributed by atoms with Crippen molar-refractivity contribution in [1.29, 1.82) is 0 Å². The molecule has 1 fully saturated rings. The van der Waals surface area contributed by atoms with E-state index in [1.807, 2.05) is 0 Å². The van der Waals surface area contributed by atoms with Crippen molar-refractivity contribution in [1.82, 2.24) is 19.5 Å². The summed E-state index contributed by atoms with van der Waals surface area (Å²) in [6.45, 7) is -0.950. The van der Waals surface area contributed by atoms with Crippen molar-refractivity contribution in [3.05, 3.63) is 16.7 Å². The molecule has 2 aromatic heterocycles. The van der Waals surface area contributed by atoms with Gasteiger partial charge in [-0.2, -0.15) is 9.29 Å². The number of phosphoric acid groups is 2. The first-order chi connectivity index (χ1) is 12.9. The molecule has 0 bridgehead atoms. The zero-order valence-electron chi connectivity index (χ0n) is 13.5. The molecule has 28 heavy (non-hydrogen) atoms. The minimum absolute atomic E-state index is 0.139. The number of alkyl halides is 1. The number of nitrogens with zero attached hydrogens (tertiary/aromatic N) is 3. The number of aromatic nitrogens is 4. The van der Waals surface area contributed by atoms with Crippen molar-refractivity contribution >= 4 is 32.8 Å². The Labute approximate surface area is 153 Å². The van der Waals surface area contributed by atoms with Crippen LogP contribution < -0.4 is 11.3 Å². The second kappa shape index (κ2) is 7.26. The Balaban J connectivity index is 1.79. The molecule has 0 aromatic carbocycles. The van der Waals surface area contributed by atoms with E-state index in [1.54, 1.807) is 0 Å². The second-order valence-electron chi connectivity index (χ2n) is 5.61. The molecule has 2 unspecified atom stereocenters. The number of nitrogens with one attached hydrogen (secondary N) is 1. The van der Waals surface area contributed by atoms with Crippen LogP contribution in [0.4, 0.5) is 10.3 Å². The number of ether oxygens (including phenoxy) is 1. The highest BCUT2D eigenvalue weighted by Crippen LogP contribution is 2.57. The number of hydrogen-bond acceptors (Lipinski definition) is 10. The molecule has 0 amide bonds. The van der Waals surface area contributed by atoms with Crippen molar-refractivity contribution in [2.75, 3.05) is 12.3 Å². The molecule has 0 radical (unpaired) electrons. The van der Waals surface area contributed by atoms with Crippen LogP contribution in [0.3, 0.4) is 0 Å². The van der Waals surface area contributed by atoms with Crippen LogP contribution in [-0.2, 0) is 22.7 Å². The van der Waals surface area contributed by atoms with Gasteiger partial charge in [-0.25, -0.2) is 18.5 Å². The van der Waals surface area contributed by atoms with Gasteiger partial charge >= 0.3 is 15.6 Å². The van der Waals surface area contributed by atoms with Gasteiger partial charge in [0.15, 0.2) is 23.6 Å². The van der Waals surface area contributed by atoms with Crippen molar-refractivity contribution < 1.29 is 46.9 Å². The maximum Gasteiger partial charge on any atom is 0.481 e. The lowest BCUT2D eigenvalue weighted by molar-refractivity contribution is -0.0450. The van der Waals surface area contributed by atoms with E-state index in [0.29, 0.717) is 0 Å².